The Labute approximate surface area is 118 Å². The summed E-state index contributed by atoms with van der Waals surface area (Å²) in [5.74, 6) is 1.79. The molecule has 1 aromatic carbocycles. The lowest BCUT2D eigenvalue weighted by molar-refractivity contribution is 0.0903. The van der Waals surface area contributed by atoms with Crippen LogP contribution in [0.25, 0.3) is 0 Å². The molecule has 0 amide bonds. The van der Waals surface area contributed by atoms with Crippen LogP contribution >= 0.6 is 0 Å². The largest absolute Gasteiger partial charge is 0.490 e. The summed E-state index contributed by atoms with van der Waals surface area (Å²) in [6.07, 6.45) is 6.92. The molecule has 1 aliphatic carbocycles. The molecule has 0 aliphatic heterocycles. The maximum absolute atomic E-state index is 6.23. The molecule has 2 atom stereocenters. The molecule has 1 fully saturated rings. The molecular weight excluding hydrogens is 232 g/mol. The molecule has 0 heterocycles. The van der Waals surface area contributed by atoms with Gasteiger partial charge in [0.2, 0.25) is 0 Å². The minimum Gasteiger partial charge on any atom is -0.490 e. The highest BCUT2D eigenvalue weighted by Gasteiger charge is 2.25. The molecule has 2 rings (SSSR count). The average Bonchev–Trinajstić information content (AvgIpc) is 2.39. The highest BCUT2D eigenvalue weighted by molar-refractivity contribution is 5.31. The summed E-state index contributed by atoms with van der Waals surface area (Å²) in [6.45, 7) is 9.03. The topological polar surface area (TPSA) is 9.23 Å². The van der Waals surface area contributed by atoms with E-state index in [1.165, 1.54) is 37.7 Å². The van der Waals surface area contributed by atoms with E-state index in [-0.39, 0.29) is 5.41 Å². The van der Waals surface area contributed by atoms with Crippen molar-refractivity contribution in [3.05, 3.63) is 29.8 Å². The number of rotatable bonds is 3. The Hall–Kier alpha value is -0.980. The first-order valence-corrected chi connectivity index (χ1v) is 7.78. The van der Waals surface area contributed by atoms with Crippen LogP contribution in [0.5, 0.6) is 5.75 Å². The van der Waals surface area contributed by atoms with Crippen LogP contribution in [0.4, 0.5) is 0 Å². The van der Waals surface area contributed by atoms with Gasteiger partial charge in [-0.2, -0.15) is 0 Å². The van der Waals surface area contributed by atoms with Gasteiger partial charge in [0.05, 0.1) is 0 Å². The van der Waals surface area contributed by atoms with Gasteiger partial charge in [0.25, 0.3) is 0 Å². The van der Waals surface area contributed by atoms with Gasteiger partial charge in [-0.25, -0.2) is 0 Å². The van der Waals surface area contributed by atoms with Crippen LogP contribution in [0, 0.1) is 5.92 Å². The first-order valence-electron chi connectivity index (χ1n) is 7.78. The van der Waals surface area contributed by atoms with Gasteiger partial charge in [-0.1, -0.05) is 46.2 Å². The summed E-state index contributed by atoms with van der Waals surface area (Å²) in [5, 5.41) is 0. The fourth-order valence-electron chi connectivity index (χ4n) is 3.00. The molecule has 0 saturated heterocycles. The van der Waals surface area contributed by atoms with Crippen molar-refractivity contribution in [2.24, 2.45) is 5.92 Å². The zero-order valence-corrected chi connectivity index (χ0v) is 12.9. The third-order valence-corrected chi connectivity index (χ3v) is 4.37. The normalized spacial score (nSPS) is 24.2. The second kappa shape index (κ2) is 5.98. The quantitative estimate of drug-likeness (QED) is 0.713. The third kappa shape index (κ3) is 3.75. The first kappa shape index (κ1) is 14.4. The van der Waals surface area contributed by atoms with Gasteiger partial charge in [0, 0.05) is 0 Å². The van der Waals surface area contributed by atoms with E-state index >= 15 is 0 Å². The second-order valence-electron chi connectivity index (χ2n) is 6.88. The van der Waals surface area contributed by atoms with Crippen LogP contribution in [-0.2, 0) is 5.41 Å². The van der Waals surface area contributed by atoms with Crippen molar-refractivity contribution in [1.82, 2.24) is 0 Å². The third-order valence-electron chi connectivity index (χ3n) is 4.37. The van der Waals surface area contributed by atoms with E-state index in [0.717, 1.165) is 11.7 Å². The van der Waals surface area contributed by atoms with Crippen molar-refractivity contribution in [3.63, 3.8) is 0 Å². The lowest BCUT2D eigenvalue weighted by Gasteiger charge is -2.31. The van der Waals surface area contributed by atoms with Gasteiger partial charge in [0.1, 0.15) is 11.9 Å². The number of ether oxygens (including phenoxy) is 1. The van der Waals surface area contributed by atoms with Gasteiger partial charge >= 0.3 is 0 Å². The van der Waals surface area contributed by atoms with Crippen LogP contribution in [0.3, 0.4) is 0 Å². The summed E-state index contributed by atoms with van der Waals surface area (Å²) < 4.78 is 6.23. The van der Waals surface area contributed by atoms with Gasteiger partial charge < -0.3 is 4.74 Å². The predicted octanol–water partition coefficient (Wildman–Crippen LogP) is 5.33. The van der Waals surface area contributed by atoms with Crippen LogP contribution < -0.4 is 4.74 Å². The van der Waals surface area contributed by atoms with Crippen molar-refractivity contribution in [2.45, 2.75) is 71.3 Å². The van der Waals surface area contributed by atoms with Crippen molar-refractivity contribution in [2.75, 3.05) is 0 Å². The minimum absolute atomic E-state index is 0.218. The standard InChI is InChI=1S/C18H28O/c1-5-14-8-6-7-9-17(14)19-16-12-10-15(11-13-16)18(2,3)4/h10-14,17H,5-9H2,1-4H3. The number of benzene rings is 1. The summed E-state index contributed by atoms with van der Waals surface area (Å²) in [7, 11) is 0. The van der Waals surface area contributed by atoms with E-state index in [1.807, 2.05) is 0 Å². The van der Waals surface area contributed by atoms with Gasteiger partial charge in [0.15, 0.2) is 0 Å². The molecule has 1 aromatic rings. The first-order chi connectivity index (χ1) is 9.00. The van der Waals surface area contributed by atoms with E-state index in [1.54, 1.807) is 0 Å². The predicted molar refractivity (Wildman–Crippen MR) is 81.8 cm³/mol. The molecule has 1 nitrogen and oxygen atoms in total. The van der Waals surface area contributed by atoms with Crippen molar-refractivity contribution >= 4 is 0 Å². The molecule has 1 aliphatic rings. The maximum Gasteiger partial charge on any atom is 0.119 e. The lowest BCUT2D eigenvalue weighted by atomic mass is 9.84. The number of hydrogen-bond acceptors (Lipinski definition) is 1. The Morgan fingerprint density at radius 1 is 1.05 bits per heavy atom. The van der Waals surface area contributed by atoms with Gasteiger partial charge in [-0.3, -0.25) is 0 Å². The van der Waals surface area contributed by atoms with Crippen LogP contribution in [-0.4, -0.2) is 6.10 Å². The molecule has 19 heavy (non-hydrogen) atoms. The monoisotopic (exact) mass is 260 g/mol. The Morgan fingerprint density at radius 3 is 2.26 bits per heavy atom. The molecule has 2 unspecified atom stereocenters. The lowest BCUT2D eigenvalue weighted by Crippen LogP contribution is -2.29. The molecule has 1 saturated carbocycles. The summed E-state index contributed by atoms with van der Waals surface area (Å²) in [4.78, 5) is 0. The zero-order valence-electron chi connectivity index (χ0n) is 12.9. The minimum atomic E-state index is 0.218. The fraction of sp³-hybridized carbons (Fsp3) is 0.667. The maximum atomic E-state index is 6.23. The van der Waals surface area contributed by atoms with Crippen LogP contribution in [0.1, 0.15) is 65.4 Å². The van der Waals surface area contributed by atoms with Crippen molar-refractivity contribution in [1.29, 1.82) is 0 Å². The fourth-order valence-corrected chi connectivity index (χ4v) is 3.00. The molecule has 1 heteroatoms. The Balaban J connectivity index is 2.02. The Morgan fingerprint density at radius 2 is 1.68 bits per heavy atom. The van der Waals surface area contributed by atoms with E-state index < -0.39 is 0 Å². The zero-order chi connectivity index (χ0) is 13.9. The number of hydrogen-bond donors (Lipinski definition) is 0. The van der Waals surface area contributed by atoms with Crippen molar-refractivity contribution < 1.29 is 4.74 Å². The van der Waals surface area contributed by atoms with E-state index in [0.29, 0.717) is 6.10 Å². The Kier molecular flexibility index (Phi) is 4.54. The highest BCUT2D eigenvalue weighted by atomic mass is 16.5. The van der Waals surface area contributed by atoms with Crippen LogP contribution in [0.15, 0.2) is 24.3 Å². The molecule has 0 N–H and O–H groups in total. The van der Waals surface area contributed by atoms with Gasteiger partial charge in [-0.05, 0) is 54.7 Å². The molecule has 0 bridgehead atoms. The smallest absolute Gasteiger partial charge is 0.119 e. The summed E-state index contributed by atoms with van der Waals surface area (Å²) >= 11 is 0. The molecule has 0 radical (unpaired) electrons. The average molecular weight is 260 g/mol. The van der Waals surface area contributed by atoms with E-state index in [9.17, 15) is 0 Å². The van der Waals surface area contributed by atoms with E-state index in [4.69, 9.17) is 4.74 Å². The second-order valence-corrected chi connectivity index (χ2v) is 6.88. The molecular formula is C18H28O. The highest BCUT2D eigenvalue weighted by Crippen LogP contribution is 2.31. The van der Waals surface area contributed by atoms with Crippen LogP contribution in [0.2, 0.25) is 0 Å². The van der Waals surface area contributed by atoms with Gasteiger partial charge in [-0.15, -0.1) is 0 Å². The molecule has 0 aromatic heterocycles. The molecule has 0 spiro atoms. The van der Waals surface area contributed by atoms with E-state index in [2.05, 4.69) is 52.0 Å². The van der Waals surface area contributed by atoms with Crippen molar-refractivity contribution in [3.8, 4) is 5.75 Å². The molecule has 106 valence electrons. The Bertz CT molecular complexity index is 385. The summed E-state index contributed by atoms with van der Waals surface area (Å²) in [5.41, 5.74) is 1.59. The summed E-state index contributed by atoms with van der Waals surface area (Å²) in [6, 6.07) is 8.70. The SMILES string of the molecule is CCC1CCCCC1Oc1ccc(C(C)(C)C)cc1.